The van der Waals surface area contributed by atoms with Crippen LogP contribution in [0.3, 0.4) is 0 Å². The van der Waals surface area contributed by atoms with Crippen molar-refractivity contribution in [1.82, 2.24) is 0 Å². The smallest absolute Gasteiger partial charge is 0.0932 e. The minimum absolute atomic E-state index is 0.0428. The van der Waals surface area contributed by atoms with E-state index in [1.54, 1.807) is 0 Å². The molecule has 2 heteroatoms. The van der Waals surface area contributed by atoms with Crippen molar-refractivity contribution in [2.75, 3.05) is 6.61 Å². The molecule has 0 atom stereocenters. The summed E-state index contributed by atoms with van der Waals surface area (Å²) in [6, 6.07) is 11.3. The Morgan fingerprint density at radius 2 is 1.62 bits per heavy atom. The van der Waals surface area contributed by atoms with Crippen molar-refractivity contribution >= 4 is 0 Å². The Morgan fingerprint density at radius 3 is 2.05 bits per heavy atom. The zero-order valence-electron chi connectivity index (χ0n) is 12.8. The molecule has 110 valence electrons. The number of ether oxygens (including phenoxy) is 1. The molecule has 0 unspecified atom stereocenters. The van der Waals surface area contributed by atoms with E-state index in [2.05, 4.69) is 37.3 Å². The third kappa shape index (κ3) is 1.87. The molecule has 0 aromatic heterocycles. The molecule has 2 heterocycles. The highest BCUT2D eigenvalue weighted by molar-refractivity contribution is 5.41. The van der Waals surface area contributed by atoms with Gasteiger partial charge in [-0.05, 0) is 61.5 Å². The van der Waals surface area contributed by atoms with E-state index in [9.17, 15) is 5.26 Å². The number of fused-ring (bicyclic) bond motifs is 3. The fourth-order valence-corrected chi connectivity index (χ4v) is 4.27. The Morgan fingerprint density at radius 1 is 1.00 bits per heavy atom. The van der Waals surface area contributed by atoms with Gasteiger partial charge < -0.3 is 4.74 Å². The first-order valence-electron chi connectivity index (χ1n) is 8.32. The third-order valence-electron chi connectivity index (χ3n) is 6.45. The maximum atomic E-state index is 9.31. The second-order valence-electron chi connectivity index (χ2n) is 7.41. The zero-order valence-corrected chi connectivity index (χ0v) is 12.8. The zero-order chi connectivity index (χ0) is 14.6. The van der Waals surface area contributed by atoms with Gasteiger partial charge in [-0.2, -0.15) is 5.26 Å². The van der Waals surface area contributed by atoms with E-state index < -0.39 is 0 Å². The molecule has 0 spiro atoms. The molecular formula is C19H23NO. The van der Waals surface area contributed by atoms with Crippen molar-refractivity contribution in [2.45, 2.75) is 62.9 Å². The number of benzene rings is 1. The molecule has 4 aliphatic rings. The summed E-state index contributed by atoms with van der Waals surface area (Å²) in [7, 11) is 0. The minimum Gasteiger partial charge on any atom is -0.370 e. The molecule has 4 fully saturated rings. The van der Waals surface area contributed by atoms with Crippen LogP contribution in [-0.2, 0) is 15.8 Å². The number of nitrogens with zero attached hydrogens (tertiary/aromatic N) is 1. The van der Waals surface area contributed by atoms with Gasteiger partial charge >= 0.3 is 0 Å². The molecule has 1 aromatic rings. The first-order valence-corrected chi connectivity index (χ1v) is 8.32. The van der Waals surface area contributed by atoms with Crippen molar-refractivity contribution in [3.63, 3.8) is 0 Å². The predicted octanol–water partition coefficient (Wildman–Crippen LogP) is 4.44. The molecule has 2 saturated heterocycles. The molecule has 2 bridgehead atoms. The van der Waals surface area contributed by atoms with E-state index in [1.165, 1.54) is 30.4 Å². The highest BCUT2D eigenvalue weighted by Crippen LogP contribution is 2.55. The van der Waals surface area contributed by atoms with Gasteiger partial charge in [-0.15, -0.1) is 0 Å². The molecule has 0 radical (unpaired) electrons. The maximum absolute atomic E-state index is 9.31. The van der Waals surface area contributed by atoms with E-state index >= 15 is 0 Å². The van der Waals surface area contributed by atoms with E-state index in [0.29, 0.717) is 5.41 Å². The lowest BCUT2D eigenvalue weighted by molar-refractivity contribution is -0.190. The standard InChI is InChI=1S/C19H23NO/c1-2-17-7-11-19(12-8-17,21-14-17)16-5-3-15(4-6-16)18(13-20)9-10-18/h3-6H,2,7-12,14H2,1H3. The Kier molecular flexibility index (Phi) is 2.75. The fraction of sp³-hybridized carbons (Fsp3) is 0.632. The van der Waals surface area contributed by atoms with Crippen molar-refractivity contribution in [3.05, 3.63) is 35.4 Å². The molecule has 21 heavy (non-hydrogen) atoms. The summed E-state index contributed by atoms with van der Waals surface area (Å²) in [6.07, 6.45) is 8.19. The van der Waals surface area contributed by atoms with Gasteiger partial charge in [0.15, 0.2) is 0 Å². The van der Waals surface area contributed by atoms with Crippen LogP contribution in [-0.4, -0.2) is 6.61 Å². The Balaban J connectivity index is 1.59. The molecular weight excluding hydrogens is 258 g/mol. The third-order valence-corrected chi connectivity index (χ3v) is 6.45. The highest BCUT2D eigenvalue weighted by atomic mass is 16.5. The number of rotatable bonds is 3. The summed E-state index contributed by atoms with van der Waals surface area (Å²) in [5.74, 6) is 0. The van der Waals surface area contributed by atoms with Crippen LogP contribution in [0.1, 0.15) is 63.0 Å². The van der Waals surface area contributed by atoms with Crippen molar-refractivity contribution < 1.29 is 4.74 Å². The van der Waals surface area contributed by atoms with Gasteiger partial charge in [-0.25, -0.2) is 0 Å². The summed E-state index contributed by atoms with van der Waals surface area (Å²) in [6.45, 7) is 3.22. The molecule has 2 nitrogen and oxygen atoms in total. The summed E-state index contributed by atoms with van der Waals surface area (Å²) in [5, 5.41) is 9.31. The Bertz CT molecular complexity index is 566. The van der Waals surface area contributed by atoms with Crippen LogP contribution in [0.25, 0.3) is 0 Å². The van der Waals surface area contributed by atoms with Crippen molar-refractivity contribution in [1.29, 1.82) is 5.26 Å². The summed E-state index contributed by atoms with van der Waals surface area (Å²) in [5.41, 5.74) is 2.76. The highest BCUT2D eigenvalue weighted by Gasteiger charge is 2.50. The van der Waals surface area contributed by atoms with Crippen molar-refractivity contribution in [2.24, 2.45) is 5.41 Å². The average Bonchev–Trinajstić information content (AvgIpc) is 3.38. The quantitative estimate of drug-likeness (QED) is 0.820. The van der Waals surface area contributed by atoms with E-state index in [1.807, 2.05) is 0 Å². The molecule has 2 aliphatic carbocycles. The monoisotopic (exact) mass is 281 g/mol. The molecule has 0 amide bonds. The first kappa shape index (κ1) is 13.3. The lowest BCUT2D eigenvalue weighted by Gasteiger charge is -2.53. The van der Waals surface area contributed by atoms with Gasteiger partial charge in [0.25, 0.3) is 0 Å². The van der Waals surface area contributed by atoms with Crippen LogP contribution >= 0.6 is 0 Å². The number of hydrogen-bond donors (Lipinski definition) is 0. The van der Waals surface area contributed by atoms with E-state index in [0.717, 1.165) is 32.3 Å². The van der Waals surface area contributed by atoms with Crippen LogP contribution in [0, 0.1) is 16.7 Å². The molecule has 2 aliphatic heterocycles. The van der Waals surface area contributed by atoms with Crippen LogP contribution in [0.15, 0.2) is 24.3 Å². The van der Waals surface area contributed by atoms with E-state index in [4.69, 9.17) is 4.74 Å². The lowest BCUT2D eigenvalue weighted by Crippen LogP contribution is -2.48. The Hall–Kier alpha value is -1.33. The molecule has 1 aromatic carbocycles. The normalized spacial score (nSPS) is 36.2. The van der Waals surface area contributed by atoms with Gasteiger partial charge in [0, 0.05) is 0 Å². The number of hydrogen-bond acceptors (Lipinski definition) is 2. The average molecular weight is 281 g/mol. The lowest BCUT2D eigenvalue weighted by atomic mass is 9.63. The second-order valence-corrected chi connectivity index (χ2v) is 7.41. The molecule has 0 N–H and O–H groups in total. The first-order chi connectivity index (χ1) is 10.2. The van der Waals surface area contributed by atoms with Crippen molar-refractivity contribution in [3.8, 4) is 6.07 Å². The number of nitriles is 1. The Labute approximate surface area is 127 Å². The topological polar surface area (TPSA) is 33.0 Å². The van der Waals surface area contributed by atoms with Gasteiger partial charge in [0.1, 0.15) is 0 Å². The van der Waals surface area contributed by atoms with E-state index in [-0.39, 0.29) is 11.0 Å². The van der Waals surface area contributed by atoms with Crippen LogP contribution < -0.4 is 0 Å². The summed E-state index contributed by atoms with van der Waals surface area (Å²) < 4.78 is 6.35. The SMILES string of the molecule is CCC12CCC(c3ccc(C4(C#N)CC4)cc3)(CC1)OC2. The summed E-state index contributed by atoms with van der Waals surface area (Å²) >= 11 is 0. The van der Waals surface area contributed by atoms with Gasteiger partial charge in [-0.3, -0.25) is 0 Å². The maximum Gasteiger partial charge on any atom is 0.0932 e. The van der Waals surface area contributed by atoms with Gasteiger partial charge in [-0.1, -0.05) is 31.2 Å². The fourth-order valence-electron chi connectivity index (χ4n) is 4.27. The largest absolute Gasteiger partial charge is 0.370 e. The summed E-state index contributed by atoms with van der Waals surface area (Å²) in [4.78, 5) is 0. The van der Waals surface area contributed by atoms with Crippen LogP contribution in [0.2, 0.25) is 0 Å². The van der Waals surface area contributed by atoms with Gasteiger partial charge in [0.2, 0.25) is 0 Å². The molecule has 2 saturated carbocycles. The van der Waals surface area contributed by atoms with Crippen LogP contribution in [0.5, 0.6) is 0 Å². The minimum atomic E-state index is -0.173. The van der Waals surface area contributed by atoms with Crippen LogP contribution in [0.4, 0.5) is 0 Å². The molecule has 5 rings (SSSR count). The van der Waals surface area contributed by atoms with Gasteiger partial charge in [0.05, 0.1) is 23.7 Å². The second kappa shape index (κ2) is 4.34. The predicted molar refractivity (Wildman–Crippen MR) is 81.8 cm³/mol.